The summed E-state index contributed by atoms with van der Waals surface area (Å²) in [5.74, 6) is -6.73. The summed E-state index contributed by atoms with van der Waals surface area (Å²) in [6.45, 7) is 16.3. The van der Waals surface area contributed by atoms with Gasteiger partial charge in [0, 0.05) is 76.2 Å². The van der Waals surface area contributed by atoms with Crippen molar-refractivity contribution in [1.82, 2.24) is 0 Å². The number of carbonyl (C=O) groups is 6. The largest absolute Gasteiger partial charge is 0.470 e. The van der Waals surface area contributed by atoms with Gasteiger partial charge >= 0.3 is 42.0 Å². The van der Waals surface area contributed by atoms with Gasteiger partial charge in [-0.1, -0.05) is 62.8 Å². The molecule has 0 saturated carbocycles. The van der Waals surface area contributed by atoms with Crippen LogP contribution in [-0.2, 0) is 47.7 Å². The van der Waals surface area contributed by atoms with Gasteiger partial charge in [0.25, 0.3) is 0 Å². The van der Waals surface area contributed by atoms with Gasteiger partial charge < -0.3 is 38.1 Å². The summed E-state index contributed by atoms with van der Waals surface area (Å²) in [7, 11) is 0. The molecule has 0 radical (unpaired) electrons. The van der Waals surface area contributed by atoms with Crippen LogP contribution in [0.2, 0.25) is 0 Å². The van der Waals surface area contributed by atoms with Crippen molar-refractivity contribution in [1.29, 1.82) is 15.8 Å². The van der Waals surface area contributed by atoms with Crippen molar-refractivity contribution < 1.29 is 75.1 Å². The van der Waals surface area contributed by atoms with Crippen LogP contribution < -0.4 is 14.4 Å². The van der Waals surface area contributed by atoms with Gasteiger partial charge in [-0.3, -0.25) is 0 Å². The molecule has 0 saturated heterocycles. The average molecular weight is 1060 g/mol. The minimum atomic E-state index is -5.10. The third-order valence-electron chi connectivity index (χ3n) is 11.1. The lowest BCUT2D eigenvalue weighted by molar-refractivity contribution is -0.236. The van der Waals surface area contributed by atoms with Crippen LogP contribution >= 0.6 is 11.8 Å². The van der Waals surface area contributed by atoms with Crippen molar-refractivity contribution in [3.8, 4) is 29.7 Å². The lowest BCUT2D eigenvalue weighted by Gasteiger charge is -2.28. The maximum Gasteiger partial charge on any atom is 0.432 e. The predicted molar refractivity (Wildman–Crippen MR) is 268 cm³/mol. The maximum absolute atomic E-state index is 14.6. The van der Waals surface area contributed by atoms with E-state index in [0.29, 0.717) is 23.9 Å². The van der Waals surface area contributed by atoms with Gasteiger partial charge in [0.1, 0.15) is 53.7 Å². The van der Waals surface area contributed by atoms with E-state index in [1.54, 1.807) is 36.4 Å². The molecule has 1 aliphatic carbocycles. The number of alkyl halides is 3. The van der Waals surface area contributed by atoms with Crippen molar-refractivity contribution in [3.63, 3.8) is 0 Å². The van der Waals surface area contributed by atoms with E-state index in [1.807, 2.05) is 24.0 Å². The molecule has 4 unspecified atom stereocenters. The quantitative estimate of drug-likeness (QED) is 0.0373. The van der Waals surface area contributed by atoms with E-state index in [9.17, 15) is 57.7 Å². The third kappa shape index (κ3) is 14.6. The topological polar surface area (TPSA) is 242 Å². The van der Waals surface area contributed by atoms with Gasteiger partial charge in [0.15, 0.2) is 11.3 Å². The number of anilines is 1. The molecule has 4 atom stereocenters. The molecule has 21 heteroatoms. The Bertz CT molecular complexity index is 3030. The fourth-order valence-electron chi connectivity index (χ4n) is 7.28. The van der Waals surface area contributed by atoms with Crippen molar-refractivity contribution >= 4 is 59.3 Å². The van der Waals surface area contributed by atoms with Crippen molar-refractivity contribution in [3.05, 3.63) is 179 Å². The molecule has 0 amide bonds. The summed E-state index contributed by atoms with van der Waals surface area (Å²) in [6.07, 6.45) is 7.40. The number of carbonyl (C=O) groups excluding carboxylic acids is 6. The highest BCUT2D eigenvalue weighted by molar-refractivity contribution is 8.04. The van der Waals surface area contributed by atoms with Crippen LogP contribution in [0.1, 0.15) is 36.2 Å². The molecule has 17 nitrogen and oxygen atoms in total. The van der Waals surface area contributed by atoms with Crippen molar-refractivity contribution in [2.75, 3.05) is 31.2 Å². The lowest BCUT2D eigenvalue weighted by atomic mass is 9.92. The summed E-state index contributed by atoms with van der Waals surface area (Å²) >= 11 is 1.18. The number of nitriles is 3. The predicted octanol–water partition coefficient (Wildman–Crippen LogP) is 8.79. The number of rotatable bonds is 21. The van der Waals surface area contributed by atoms with E-state index >= 15 is 0 Å². The zero-order chi connectivity index (χ0) is 55.7. The molecular weight excluding hydrogens is 1010 g/mol. The van der Waals surface area contributed by atoms with Crippen LogP contribution in [0.4, 0.5) is 18.9 Å². The molecule has 2 aromatic rings. The maximum atomic E-state index is 14.6. The van der Waals surface area contributed by atoms with Crippen LogP contribution in [0, 0.1) is 39.9 Å². The summed E-state index contributed by atoms with van der Waals surface area (Å²) in [6, 6.07) is 15.5. The van der Waals surface area contributed by atoms with Gasteiger partial charge in [-0.2, -0.15) is 29.0 Å². The van der Waals surface area contributed by atoms with Crippen LogP contribution in [0.25, 0.3) is 6.08 Å². The van der Waals surface area contributed by atoms with E-state index in [1.165, 1.54) is 60.3 Å². The summed E-state index contributed by atoms with van der Waals surface area (Å²) < 4.78 is 81.0. The van der Waals surface area contributed by atoms with E-state index in [4.69, 9.17) is 33.2 Å². The first-order chi connectivity index (χ1) is 36.2. The first-order valence-corrected chi connectivity index (χ1v) is 23.4. The SMILES string of the molecule is C=CC(=O)OC1=CC(OC(=O)C=C)CC(C(=O)OCC2C=C(/C=C/C3=C(C#N)C(=C(C#N)C#N)OC3(C)C(F)(F)F)SC2/C=C/c2ccc(N(CC)CCOC(=O)c3cc(OC(=O)C=C)cc(OC(=O)C=C)c3)cc2)=C1. The fourth-order valence-corrected chi connectivity index (χ4v) is 8.48. The number of benzene rings is 2. The number of nitrogens with zero attached hydrogens (tertiary/aromatic N) is 4. The highest BCUT2D eigenvalue weighted by atomic mass is 32.2. The van der Waals surface area contributed by atoms with E-state index in [0.717, 1.165) is 36.1 Å². The Hall–Kier alpha value is -9.39. The van der Waals surface area contributed by atoms with Gasteiger partial charge in [-0.15, -0.1) is 11.8 Å². The van der Waals surface area contributed by atoms with E-state index < -0.39 is 87.3 Å². The Labute approximate surface area is 438 Å². The number of ether oxygens (including phenoxy) is 7. The van der Waals surface area contributed by atoms with Crippen LogP contribution in [0.3, 0.4) is 0 Å². The number of esters is 6. The van der Waals surface area contributed by atoms with Crippen LogP contribution in [-0.4, -0.2) is 85.3 Å². The average Bonchev–Trinajstić information content (AvgIpc) is 3.94. The number of halogens is 3. The minimum Gasteiger partial charge on any atom is -0.470 e. The summed E-state index contributed by atoms with van der Waals surface area (Å²) in [5, 5.41) is 28.3. The lowest BCUT2D eigenvalue weighted by Crippen LogP contribution is -2.43. The summed E-state index contributed by atoms with van der Waals surface area (Å²) in [4.78, 5) is 76.7. The molecule has 0 N–H and O–H groups in total. The molecule has 2 heterocycles. The number of hydrogen-bond donors (Lipinski definition) is 0. The van der Waals surface area contributed by atoms with Gasteiger partial charge in [0.2, 0.25) is 5.60 Å². The molecule has 5 rings (SSSR count). The fraction of sp³-hybridized carbons (Fsp3) is 0.218. The zero-order valence-corrected chi connectivity index (χ0v) is 41.4. The van der Waals surface area contributed by atoms with Crippen LogP contribution in [0.5, 0.6) is 11.5 Å². The Morgan fingerprint density at radius 3 is 2.01 bits per heavy atom. The first kappa shape index (κ1) is 57.5. The molecule has 2 aromatic carbocycles. The van der Waals surface area contributed by atoms with Crippen molar-refractivity contribution in [2.24, 2.45) is 5.92 Å². The highest BCUT2D eigenvalue weighted by Crippen LogP contribution is 2.50. The van der Waals surface area contributed by atoms with Gasteiger partial charge in [-0.05, 0) is 61.9 Å². The van der Waals surface area contributed by atoms with Gasteiger partial charge in [0.05, 0.1) is 18.7 Å². The second-order valence-electron chi connectivity index (χ2n) is 16.1. The monoisotopic (exact) mass is 1060 g/mol. The standard InChI is InChI=1S/C55H45F3N4O13S/c1-7-47(63)71-39-22-34(23-40(27-39)72-48(64)8-2)52(67)69-21-20-62(11-5)38-15-12-33(13-16-38)14-19-46-36(32-70-53(68)35-24-41(73-49(65)9-3)28-42(25-35)74-50(66)10-4)26-43(76-46)17-18-45-44(31-61)51(37(29-59)30-60)75-54(45,6)55(56,57)58/h7-10,12-19,22-24,26-28,36,42,46H,1-4,11,20-21,25,32H2,5-6H3/b18-17+,19-14+. The molecule has 0 bridgehead atoms. The molecule has 3 aliphatic rings. The Balaban J connectivity index is 1.37. The van der Waals surface area contributed by atoms with Gasteiger partial charge in [-0.25, -0.2) is 28.8 Å². The molecule has 2 aliphatic heterocycles. The Morgan fingerprint density at radius 2 is 1.45 bits per heavy atom. The summed E-state index contributed by atoms with van der Waals surface area (Å²) in [5.41, 5.74) is -3.89. The van der Waals surface area contributed by atoms with E-state index in [-0.39, 0.29) is 54.6 Å². The normalized spacial score (nSPS) is 18.7. The molecule has 0 aromatic heterocycles. The number of hydrogen-bond acceptors (Lipinski definition) is 18. The van der Waals surface area contributed by atoms with Crippen LogP contribution in [0.15, 0.2) is 168 Å². The van der Waals surface area contributed by atoms with Crippen molar-refractivity contribution in [2.45, 2.75) is 43.4 Å². The second-order valence-corrected chi connectivity index (χ2v) is 17.3. The molecule has 0 spiro atoms. The number of likely N-dealkylation sites (N-methyl/N-ethyl adjacent to an activating group) is 1. The Kier molecular flexibility index (Phi) is 19.7. The smallest absolute Gasteiger partial charge is 0.432 e. The molecule has 76 heavy (non-hydrogen) atoms. The number of thioether (sulfide) groups is 1. The number of allylic oxidation sites excluding steroid dienone is 4. The molecule has 0 fully saturated rings. The second kappa shape index (κ2) is 26.0. The Morgan fingerprint density at radius 1 is 0.829 bits per heavy atom. The highest BCUT2D eigenvalue weighted by Gasteiger charge is 2.60. The molecule has 390 valence electrons. The zero-order valence-electron chi connectivity index (χ0n) is 40.6. The third-order valence-corrected chi connectivity index (χ3v) is 12.4. The first-order valence-electron chi connectivity index (χ1n) is 22.6. The molecular formula is C55H45F3N4O13S. The minimum absolute atomic E-state index is 0.0278. The van der Waals surface area contributed by atoms with E-state index in [2.05, 4.69) is 26.3 Å².